The molecule has 3 nitrogen and oxygen atoms in total. The van der Waals surface area contributed by atoms with Crippen LogP contribution in [0.15, 0.2) is 0 Å². The van der Waals surface area contributed by atoms with Crippen molar-refractivity contribution in [1.29, 1.82) is 0 Å². The van der Waals surface area contributed by atoms with E-state index in [-0.39, 0.29) is 12.0 Å². The summed E-state index contributed by atoms with van der Waals surface area (Å²) in [4.78, 5) is 11.6. The molecule has 1 unspecified atom stereocenters. The molecule has 2 rings (SSSR count). The van der Waals surface area contributed by atoms with Gasteiger partial charge in [-0.1, -0.05) is 12.8 Å². The van der Waals surface area contributed by atoms with E-state index in [1.807, 2.05) is 0 Å². The van der Waals surface area contributed by atoms with Crippen molar-refractivity contribution in [2.45, 2.75) is 51.0 Å². The van der Waals surface area contributed by atoms with E-state index in [0.29, 0.717) is 12.5 Å². The minimum absolute atomic E-state index is 0.220. The molecule has 1 saturated heterocycles. The zero-order valence-electron chi connectivity index (χ0n) is 9.34. The van der Waals surface area contributed by atoms with E-state index < -0.39 is 0 Å². The largest absolute Gasteiger partial charge is 0.376 e. The maximum Gasteiger partial charge on any atom is 0.220 e. The summed E-state index contributed by atoms with van der Waals surface area (Å²) in [5.41, 5.74) is 0. The number of ether oxygens (including phenoxy) is 1. The van der Waals surface area contributed by atoms with Crippen molar-refractivity contribution in [3.05, 3.63) is 0 Å². The number of amides is 1. The standard InChI is InChI=1S/C12H21NO2/c14-12(8-10-4-1-2-5-10)13-9-11-6-3-7-15-11/h10-11H,1-9H2,(H,13,14). The lowest BCUT2D eigenvalue weighted by Gasteiger charge is -2.12. The fourth-order valence-corrected chi connectivity index (χ4v) is 2.58. The maximum atomic E-state index is 11.6. The monoisotopic (exact) mass is 211 g/mol. The summed E-state index contributed by atoms with van der Waals surface area (Å²) in [6.07, 6.45) is 8.35. The van der Waals surface area contributed by atoms with Crippen LogP contribution >= 0.6 is 0 Å². The summed E-state index contributed by atoms with van der Waals surface area (Å²) in [5.74, 6) is 0.867. The van der Waals surface area contributed by atoms with Crippen LogP contribution in [0.25, 0.3) is 0 Å². The molecular formula is C12H21NO2. The van der Waals surface area contributed by atoms with Crippen LogP contribution in [0.4, 0.5) is 0 Å². The Morgan fingerprint density at radius 2 is 2.00 bits per heavy atom. The van der Waals surface area contributed by atoms with Gasteiger partial charge >= 0.3 is 0 Å². The average molecular weight is 211 g/mol. The highest BCUT2D eigenvalue weighted by Gasteiger charge is 2.20. The highest BCUT2D eigenvalue weighted by Crippen LogP contribution is 2.27. The maximum absolute atomic E-state index is 11.6. The Kier molecular flexibility index (Phi) is 4.01. The molecule has 1 atom stereocenters. The van der Waals surface area contributed by atoms with Gasteiger partial charge in [-0.2, -0.15) is 0 Å². The van der Waals surface area contributed by atoms with Crippen molar-refractivity contribution in [2.24, 2.45) is 5.92 Å². The fraction of sp³-hybridized carbons (Fsp3) is 0.917. The van der Waals surface area contributed by atoms with Crippen molar-refractivity contribution in [3.63, 3.8) is 0 Å². The molecule has 2 fully saturated rings. The number of hydrogen-bond acceptors (Lipinski definition) is 2. The summed E-state index contributed by atoms with van der Waals surface area (Å²) in [7, 11) is 0. The normalized spacial score (nSPS) is 27.1. The quantitative estimate of drug-likeness (QED) is 0.771. The minimum Gasteiger partial charge on any atom is -0.376 e. The molecule has 1 N–H and O–H groups in total. The molecule has 0 radical (unpaired) electrons. The summed E-state index contributed by atoms with van der Waals surface area (Å²) in [5, 5.41) is 2.99. The third-order valence-corrected chi connectivity index (χ3v) is 3.50. The van der Waals surface area contributed by atoms with Crippen LogP contribution in [-0.4, -0.2) is 25.2 Å². The van der Waals surface area contributed by atoms with Gasteiger partial charge in [-0.15, -0.1) is 0 Å². The molecule has 0 bridgehead atoms. The zero-order chi connectivity index (χ0) is 10.5. The molecule has 0 aromatic rings. The number of rotatable bonds is 4. The molecule has 1 aliphatic carbocycles. The first-order valence-electron chi connectivity index (χ1n) is 6.23. The Hall–Kier alpha value is -0.570. The number of hydrogen-bond donors (Lipinski definition) is 1. The second-order valence-corrected chi connectivity index (χ2v) is 4.79. The predicted octanol–water partition coefficient (Wildman–Crippen LogP) is 1.86. The van der Waals surface area contributed by atoms with Crippen LogP contribution in [0.2, 0.25) is 0 Å². The van der Waals surface area contributed by atoms with E-state index in [9.17, 15) is 4.79 Å². The highest BCUT2D eigenvalue weighted by molar-refractivity contribution is 5.76. The number of carbonyl (C=O) groups excluding carboxylic acids is 1. The SMILES string of the molecule is O=C(CC1CCCC1)NCC1CCCO1. The van der Waals surface area contributed by atoms with Crippen molar-refractivity contribution in [3.8, 4) is 0 Å². The minimum atomic E-state index is 0.220. The molecule has 1 saturated carbocycles. The van der Waals surface area contributed by atoms with Crippen LogP contribution in [-0.2, 0) is 9.53 Å². The van der Waals surface area contributed by atoms with Crippen LogP contribution in [0.5, 0.6) is 0 Å². The van der Waals surface area contributed by atoms with Crippen molar-refractivity contribution >= 4 is 5.91 Å². The summed E-state index contributed by atoms with van der Waals surface area (Å²) in [6, 6.07) is 0. The van der Waals surface area contributed by atoms with Gasteiger partial charge in [0.2, 0.25) is 5.91 Å². The number of carbonyl (C=O) groups is 1. The van der Waals surface area contributed by atoms with Crippen LogP contribution in [0, 0.1) is 5.92 Å². The Bertz CT molecular complexity index is 206. The lowest BCUT2D eigenvalue weighted by atomic mass is 10.0. The van der Waals surface area contributed by atoms with Crippen molar-refractivity contribution in [1.82, 2.24) is 5.32 Å². The molecule has 15 heavy (non-hydrogen) atoms. The summed E-state index contributed by atoms with van der Waals surface area (Å²) in [6.45, 7) is 1.58. The first kappa shape index (κ1) is 10.9. The van der Waals surface area contributed by atoms with Crippen molar-refractivity contribution in [2.75, 3.05) is 13.2 Å². The Labute approximate surface area is 91.6 Å². The van der Waals surface area contributed by atoms with Gasteiger partial charge in [0, 0.05) is 19.6 Å². The third kappa shape index (κ3) is 3.49. The van der Waals surface area contributed by atoms with E-state index in [1.54, 1.807) is 0 Å². The molecular weight excluding hydrogens is 190 g/mol. The van der Waals surface area contributed by atoms with Crippen LogP contribution in [0.1, 0.15) is 44.9 Å². The van der Waals surface area contributed by atoms with Gasteiger partial charge in [-0.05, 0) is 31.6 Å². The van der Waals surface area contributed by atoms with Gasteiger partial charge < -0.3 is 10.1 Å². The topological polar surface area (TPSA) is 38.3 Å². The van der Waals surface area contributed by atoms with E-state index in [2.05, 4.69) is 5.32 Å². The predicted molar refractivity (Wildman–Crippen MR) is 58.6 cm³/mol. The van der Waals surface area contributed by atoms with E-state index in [4.69, 9.17) is 4.74 Å². The summed E-state index contributed by atoms with van der Waals surface area (Å²) >= 11 is 0. The highest BCUT2D eigenvalue weighted by atomic mass is 16.5. The smallest absolute Gasteiger partial charge is 0.220 e. The molecule has 3 heteroatoms. The van der Waals surface area contributed by atoms with Gasteiger partial charge in [0.15, 0.2) is 0 Å². The Morgan fingerprint density at radius 1 is 1.20 bits per heavy atom. The molecule has 0 aromatic heterocycles. The molecule has 1 aliphatic heterocycles. The van der Waals surface area contributed by atoms with Gasteiger partial charge in [0.1, 0.15) is 0 Å². The fourth-order valence-electron chi connectivity index (χ4n) is 2.58. The summed E-state index contributed by atoms with van der Waals surface area (Å²) < 4.78 is 5.46. The molecule has 1 heterocycles. The van der Waals surface area contributed by atoms with Gasteiger partial charge in [0.25, 0.3) is 0 Å². The van der Waals surface area contributed by atoms with Gasteiger partial charge in [0.05, 0.1) is 6.10 Å². The molecule has 1 amide bonds. The molecule has 2 aliphatic rings. The van der Waals surface area contributed by atoms with E-state index >= 15 is 0 Å². The Morgan fingerprint density at radius 3 is 2.67 bits per heavy atom. The third-order valence-electron chi connectivity index (χ3n) is 3.50. The molecule has 0 spiro atoms. The van der Waals surface area contributed by atoms with Crippen molar-refractivity contribution < 1.29 is 9.53 Å². The first-order chi connectivity index (χ1) is 7.34. The lowest BCUT2D eigenvalue weighted by molar-refractivity contribution is -0.122. The molecule has 86 valence electrons. The Balaban J connectivity index is 1.59. The van der Waals surface area contributed by atoms with Crippen LogP contribution < -0.4 is 5.32 Å². The van der Waals surface area contributed by atoms with Gasteiger partial charge in [-0.3, -0.25) is 4.79 Å². The van der Waals surface area contributed by atoms with E-state index in [1.165, 1.54) is 25.7 Å². The second kappa shape index (κ2) is 5.50. The van der Waals surface area contributed by atoms with Crippen LogP contribution in [0.3, 0.4) is 0 Å². The van der Waals surface area contributed by atoms with Gasteiger partial charge in [-0.25, -0.2) is 0 Å². The first-order valence-corrected chi connectivity index (χ1v) is 6.23. The van der Waals surface area contributed by atoms with E-state index in [0.717, 1.165) is 25.9 Å². The number of nitrogens with one attached hydrogen (secondary N) is 1. The lowest BCUT2D eigenvalue weighted by Crippen LogP contribution is -2.32. The molecule has 0 aromatic carbocycles. The zero-order valence-corrected chi connectivity index (χ0v) is 9.34. The average Bonchev–Trinajstić information content (AvgIpc) is 2.86. The second-order valence-electron chi connectivity index (χ2n) is 4.79.